The van der Waals surface area contributed by atoms with Crippen molar-refractivity contribution in [3.8, 4) is 0 Å². The Morgan fingerprint density at radius 2 is 1.81 bits per heavy atom. The van der Waals surface area contributed by atoms with Gasteiger partial charge in [0.15, 0.2) is 0 Å². The molecule has 1 amide bonds. The summed E-state index contributed by atoms with van der Waals surface area (Å²) < 4.78 is 5.35. The molecule has 0 radical (unpaired) electrons. The van der Waals surface area contributed by atoms with Crippen molar-refractivity contribution in [3.63, 3.8) is 0 Å². The summed E-state index contributed by atoms with van der Waals surface area (Å²) in [4.78, 5) is 25.3. The average Bonchev–Trinajstić information content (AvgIpc) is 2.43. The number of amides is 1. The maximum atomic E-state index is 12.0. The van der Waals surface area contributed by atoms with Crippen molar-refractivity contribution in [2.75, 3.05) is 13.1 Å². The molecule has 0 bridgehead atoms. The molecule has 0 unspecified atom stereocenters. The third-order valence-electron chi connectivity index (χ3n) is 4.04. The van der Waals surface area contributed by atoms with Gasteiger partial charge in [0.2, 0.25) is 0 Å². The molecule has 0 saturated carbocycles. The first-order valence-corrected chi connectivity index (χ1v) is 7.84. The van der Waals surface area contributed by atoms with Gasteiger partial charge in [-0.15, -0.1) is 0 Å². The predicted octanol–water partition coefficient (Wildman–Crippen LogP) is 2.61. The lowest BCUT2D eigenvalue weighted by Crippen LogP contribution is -2.45. The second kappa shape index (κ2) is 7.25. The number of aliphatic hydroxyl groups is 1. The number of hydrogen-bond donors (Lipinski definition) is 1. The number of ether oxygens (including phenoxy) is 1. The zero-order chi connectivity index (χ0) is 16.2. The second-order valence-electron chi connectivity index (χ2n) is 6.90. The quantitative estimate of drug-likeness (QED) is 0.866. The molecule has 122 valence electrons. The van der Waals surface area contributed by atoms with E-state index in [-0.39, 0.29) is 23.7 Å². The summed E-state index contributed by atoms with van der Waals surface area (Å²) in [6.45, 7) is 10.3. The SMILES string of the molecule is CCC(=O)[C@@H](C)[C@@H](O)C1CCN(C(=O)OC(C)(C)C)CC1. The largest absolute Gasteiger partial charge is 0.444 e. The molecule has 0 spiro atoms. The van der Waals surface area contributed by atoms with Crippen molar-refractivity contribution in [2.24, 2.45) is 11.8 Å². The maximum Gasteiger partial charge on any atom is 0.410 e. The van der Waals surface area contributed by atoms with Gasteiger partial charge in [0.1, 0.15) is 11.4 Å². The van der Waals surface area contributed by atoms with E-state index in [9.17, 15) is 14.7 Å². The molecule has 1 aliphatic rings. The van der Waals surface area contributed by atoms with Gasteiger partial charge >= 0.3 is 6.09 Å². The first-order valence-electron chi connectivity index (χ1n) is 7.84. The van der Waals surface area contributed by atoms with Crippen LogP contribution in [0, 0.1) is 11.8 Å². The van der Waals surface area contributed by atoms with Gasteiger partial charge in [-0.05, 0) is 39.5 Å². The molecule has 0 aliphatic carbocycles. The first-order chi connectivity index (χ1) is 9.65. The fourth-order valence-corrected chi connectivity index (χ4v) is 2.67. The molecule has 2 atom stereocenters. The number of aliphatic hydroxyl groups excluding tert-OH is 1. The summed E-state index contributed by atoms with van der Waals surface area (Å²) in [7, 11) is 0. The Balaban J connectivity index is 2.48. The van der Waals surface area contributed by atoms with Crippen LogP contribution in [0.2, 0.25) is 0 Å². The van der Waals surface area contributed by atoms with Gasteiger partial charge in [-0.25, -0.2) is 4.79 Å². The number of rotatable bonds is 4. The maximum absolute atomic E-state index is 12.0. The van der Waals surface area contributed by atoms with Crippen molar-refractivity contribution >= 4 is 11.9 Å². The minimum atomic E-state index is -0.613. The van der Waals surface area contributed by atoms with E-state index in [4.69, 9.17) is 4.74 Å². The minimum Gasteiger partial charge on any atom is -0.444 e. The van der Waals surface area contributed by atoms with Gasteiger partial charge in [0.25, 0.3) is 0 Å². The smallest absolute Gasteiger partial charge is 0.410 e. The van der Waals surface area contributed by atoms with E-state index < -0.39 is 11.7 Å². The number of nitrogens with zero attached hydrogens (tertiary/aromatic N) is 1. The Hall–Kier alpha value is -1.10. The Morgan fingerprint density at radius 3 is 2.24 bits per heavy atom. The summed E-state index contributed by atoms with van der Waals surface area (Å²) in [5, 5.41) is 10.3. The van der Waals surface area contributed by atoms with Crippen LogP contribution in [0.25, 0.3) is 0 Å². The van der Waals surface area contributed by atoms with E-state index in [1.54, 1.807) is 11.8 Å². The Morgan fingerprint density at radius 1 is 1.29 bits per heavy atom. The summed E-state index contributed by atoms with van der Waals surface area (Å²) in [6.07, 6.45) is 0.963. The molecule has 1 N–H and O–H groups in total. The average molecular weight is 299 g/mol. The van der Waals surface area contributed by atoms with Crippen LogP contribution in [0.3, 0.4) is 0 Å². The van der Waals surface area contributed by atoms with Gasteiger partial charge in [0, 0.05) is 25.4 Å². The number of Topliss-reactive ketones (excluding diaryl/α,β-unsaturated/α-hetero) is 1. The standard InChI is InChI=1S/C16H29NO4/c1-6-13(18)11(2)14(19)12-7-9-17(10-8-12)15(20)21-16(3,4)5/h11-12,14,19H,6-10H2,1-5H3/t11-,14-/m1/s1. The summed E-state index contributed by atoms with van der Waals surface area (Å²) in [6, 6.07) is 0. The molecule has 1 rings (SSSR count). The number of likely N-dealkylation sites (tertiary alicyclic amines) is 1. The number of hydrogen-bond acceptors (Lipinski definition) is 4. The highest BCUT2D eigenvalue weighted by atomic mass is 16.6. The van der Waals surface area contributed by atoms with Crippen LogP contribution in [0.4, 0.5) is 4.79 Å². The normalized spacial score (nSPS) is 20.0. The second-order valence-corrected chi connectivity index (χ2v) is 6.90. The van der Waals surface area contributed by atoms with E-state index in [0.717, 1.165) is 0 Å². The van der Waals surface area contributed by atoms with Gasteiger partial charge in [-0.2, -0.15) is 0 Å². The van der Waals surface area contributed by atoms with Crippen LogP contribution in [-0.4, -0.2) is 46.7 Å². The highest BCUT2D eigenvalue weighted by molar-refractivity contribution is 5.80. The van der Waals surface area contributed by atoms with Crippen LogP contribution < -0.4 is 0 Å². The van der Waals surface area contributed by atoms with Crippen LogP contribution in [0.15, 0.2) is 0 Å². The monoisotopic (exact) mass is 299 g/mol. The van der Waals surface area contributed by atoms with Crippen LogP contribution in [-0.2, 0) is 9.53 Å². The Labute approximate surface area is 127 Å². The summed E-state index contributed by atoms with van der Waals surface area (Å²) in [5.41, 5.74) is -0.491. The lowest BCUT2D eigenvalue weighted by molar-refractivity contribution is -0.127. The number of ketones is 1. The molecule has 1 aliphatic heterocycles. The Kier molecular flexibility index (Phi) is 6.20. The lowest BCUT2D eigenvalue weighted by atomic mass is 9.83. The van der Waals surface area contributed by atoms with Crippen molar-refractivity contribution in [2.45, 2.75) is 65.6 Å². The van der Waals surface area contributed by atoms with Crippen molar-refractivity contribution in [1.29, 1.82) is 0 Å². The van der Waals surface area contributed by atoms with Crippen molar-refractivity contribution in [3.05, 3.63) is 0 Å². The zero-order valence-corrected chi connectivity index (χ0v) is 13.9. The molecule has 1 heterocycles. The highest BCUT2D eigenvalue weighted by Crippen LogP contribution is 2.26. The van der Waals surface area contributed by atoms with Crippen LogP contribution >= 0.6 is 0 Å². The molecule has 5 nitrogen and oxygen atoms in total. The van der Waals surface area contributed by atoms with Crippen LogP contribution in [0.1, 0.15) is 53.9 Å². The van der Waals surface area contributed by atoms with E-state index in [2.05, 4.69) is 0 Å². The van der Waals surface area contributed by atoms with E-state index in [1.165, 1.54) is 0 Å². The molecule has 0 aromatic rings. The molecule has 0 aromatic heterocycles. The summed E-state index contributed by atoms with van der Waals surface area (Å²) in [5.74, 6) is -0.153. The van der Waals surface area contributed by atoms with E-state index in [0.29, 0.717) is 32.4 Å². The molecule has 1 saturated heterocycles. The molecule has 0 aromatic carbocycles. The topological polar surface area (TPSA) is 66.8 Å². The third kappa shape index (κ3) is 5.30. The van der Waals surface area contributed by atoms with E-state index in [1.807, 2.05) is 27.7 Å². The fourth-order valence-electron chi connectivity index (χ4n) is 2.67. The molecule has 1 fully saturated rings. The minimum absolute atomic E-state index is 0.0780. The number of piperidine rings is 1. The Bertz CT molecular complexity index is 367. The van der Waals surface area contributed by atoms with Crippen molar-refractivity contribution < 1.29 is 19.4 Å². The fraction of sp³-hybridized carbons (Fsp3) is 0.875. The molecular formula is C16H29NO4. The highest BCUT2D eigenvalue weighted by Gasteiger charge is 2.33. The van der Waals surface area contributed by atoms with Gasteiger partial charge in [0.05, 0.1) is 6.10 Å². The third-order valence-corrected chi connectivity index (χ3v) is 4.04. The van der Waals surface area contributed by atoms with Crippen LogP contribution in [0.5, 0.6) is 0 Å². The molecule has 5 heteroatoms. The zero-order valence-electron chi connectivity index (χ0n) is 13.9. The lowest BCUT2D eigenvalue weighted by Gasteiger charge is -2.36. The van der Waals surface area contributed by atoms with Gasteiger partial charge < -0.3 is 14.7 Å². The number of carbonyl (C=O) groups is 2. The van der Waals surface area contributed by atoms with Gasteiger partial charge in [-0.1, -0.05) is 13.8 Å². The molecular weight excluding hydrogens is 270 g/mol. The number of carbonyl (C=O) groups excluding carboxylic acids is 2. The summed E-state index contributed by atoms with van der Waals surface area (Å²) >= 11 is 0. The first kappa shape index (κ1) is 18.0. The molecule has 21 heavy (non-hydrogen) atoms. The van der Waals surface area contributed by atoms with Crippen molar-refractivity contribution in [1.82, 2.24) is 4.90 Å². The predicted molar refractivity (Wildman–Crippen MR) is 81.0 cm³/mol. The van der Waals surface area contributed by atoms with E-state index >= 15 is 0 Å². The van der Waals surface area contributed by atoms with Gasteiger partial charge in [-0.3, -0.25) is 4.79 Å².